The van der Waals surface area contributed by atoms with Gasteiger partial charge in [-0.3, -0.25) is 4.79 Å². The SMILES string of the molecule is CCOc1cc(/C=N\NC(=O)c2c(C)nnn2-c2nonc2N)ccc1OCc1ccccc1. The first-order valence-electron chi connectivity index (χ1n) is 10.3. The summed E-state index contributed by atoms with van der Waals surface area (Å²) in [7, 11) is 0. The van der Waals surface area contributed by atoms with E-state index >= 15 is 0 Å². The van der Waals surface area contributed by atoms with Crippen LogP contribution in [0.2, 0.25) is 0 Å². The molecule has 4 aromatic rings. The number of nitrogens with two attached hydrogens (primary N) is 1. The zero-order valence-corrected chi connectivity index (χ0v) is 18.5. The predicted molar refractivity (Wildman–Crippen MR) is 122 cm³/mol. The van der Waals surface area contributed by atoms with Gasteiger partial charge in [0.1, 0.15) is 6.61 Å². The Morgan fingerprint density at radius 2 is 2.00 bits per heavy atom. The van der Waals surface area contributed by atoms with Crippen molar-refractivity contribution in [2.75, 3.05) is 12.3 Å². The Morgan fingerprint density at radius 3 is 2.74 bits per heavy atom. The van der Waals surface area contributed by atoms with E-state index in [-0.39, 0.29) is 17.3 Å². The Kier molecular flexibility index (Phi) is 6.77. The van der Waals surface area contributed by atoms with Gasteiger partial charge in [-0.25, -0.2) is 10.1 Å². The summed E-state index contributed by atoms with van der Waals surface area (Å²) in [6.07, 6.45) is 1.48. The molecule has 0 saturated heterocycles. The molecule has 0 aliphatic carbocycles. The van der Waals surface area contributed by atoms with Crippen molar-refractivity contribution in [2.45, 2.75) is 20.5 Å². The van der Waals surface area contributed by atoms with E-state index in [2.05, 4.69) is 35.8 Å². The molecule has 0 unspecified atom stereocenters. The van der Waals surface area contributed by atoms with Gasteiger partial charge < -0.3 is 15.2 Å². The van der Waals surface area contributed by atoms with Gasteiger partial charge in [0.15, 0.2) is 17.2 Å². The topological polar surface area (TPSA) is 156 Å². The van der Waals surface area contributed by atoms with Crippen LogP contribution in [0.4, 0.5) is 5.82 Å². The largest absolute Gasteiger partial charge is 0.490 e. The average Bonchev–Trinajstić information content (AvgIpc) is 3.44. The number of carbonyl (C=O) groups excluding carboxylic acids is 1. The van der Waals surface area contributed by atoms with E-state index in [4.69, 9.17) is 15.2 Å². The Morgan fingerprint density at radius 1 is 1.18 bits per heavy atom. The highest BCUT2D eigenvalue weighted by molar-refractivity contribution is 5.94. The number of hydrazone groups is 1. The van der Waals surface area contributed by atoms with E-state index in [1.165, 1.54) is 6.21 Å². The number of anilines is 1. The van der Waals surface area contributed by atoms with Crippen LogP contribution in [0.25, 0.3) is 5.82 Å². The number of nitrogen functional groups attached to an aromatic ring is 1. The number of amides is 1. The van der Waals surface area contributed by atoms with Crippen LogP contribution in [0.1, 0.15) is 34.2 Å². The zero-order valence-electron chi connectivity index (χ0n) is 18.5. The van der Waals surface area contributed by atoms with Crippen LogP contribution in [0.15, 0.2) is 58.3 Å². The molecule has 0 aliphatic heterocycles. The second kappa shape index (κ2) is 10.3. The van der Waals surface area contributed by atoms with Crippen LogP contribution < -0.4 is 20.6 Å². The molecule has 4 rings (SSSR count). The van der Waals surface area contributed by atoms with E-state index in [1.54, 1.807) is 25.1 Å². The highest BCUT2D eigenvalue weighted by atomic mass is 16.6. The van der Waals surface area contributed by atoms with Gasteiger partial charge in [0, 0.05) is 0 Å². The molecule has 0 bridgehead atoms. The summed E-state index contributed by atoms with van der Waals surface area (Å²) in [6, 6.07) is 15.2. The van der Waals surface area contributed by atoms with Crippen LogP contribution in [0.5, 0.6) is 11.5 Å². The molecule has 2 heterocycles. The first-order valence-corrected chi connectivity index (χ1v) is 10.3. The number of aryl methyl sites for hydroxylation is 1. The summed E-state index contributed by atoms with van der Waals surface area (Å²) < 4.78 is 17.3. The van der Waals surface area contributed by atoms with Crippen molar-refractivity contribution in [1.29, 1.82) is 0 Å². The van der Waals surface area contributed by atoms with E-state index in [0.29, 0.717) is 36.0 Å². The summed E-state index contributed by atoms with van der Waals surface area (Å²) >= 11 is 0. The number of carbonyl (C=O) groups is 1. The van der Waals surface area contributed by atoms with Gasteiger partial charge in [-0.05, 0) is 53.5 Å². The van der Waals surface area contributed by atoms with Gasteiger partial charge in [-0.2, -0.15) is 9.78 Å². The maximum absolute atomic E-state index is 12.7. The molecule has 12 nitrogen and oxygen atoms in total. The molecule has 0 fully saturated rings. The lowest BCUT2D eigenvalue weighted by atomic mass is 10.2. The number of nitrogens with one attached hydrogen (secondary N) is 1. The molecular weight excluding hydrogens is 440 g/mol. The minimum Gasteiger partial charge on any atom is -0.490 e. The van der Waals surface area contributed by atoms with Crippen molar-refractivity contribution in [3.63, 3.8) is 0 Å². The fraction of sp³-hybridized carbons (Fsp3) is 0.182. The Balaban J connectivity index is 1.46. The van der Waals surface area contributed by atoms with Gasteiger partial charge in [-0.1, -0.05) is 35.5 Å². The maximum Gasteiger partial charge on any atom is 0.292 e. The summed E-state index contributed by atoms with van der Waals surface area (Å²) in [6.45, 7) is 4.39. The fourth-order valence-corrected chi connectivity index (χ4v) is 3.05. The van der Waals surface area contributed by atoms with Crippen molar-refractivity contribution in [1.82, 2.24) is 30.7 Å². The molecule has 0 radical (unpaired) electrons. The van der Waals surface area contributed by atoms with E-state index < -0.39 is 5.91 Å². The molecule has 2 aromatic carbocycles. The summed E-state index contributed by atoms with van der Waals surface area (Å²) in [4.78, 5) is 12.7. The second-order valence-electron chi connectivity index (χ2n) is 7.02. The lowest BCUT2D eigenvalue weighted by Crippen LogP contribution is -2.22. The van der Waals surface area contributed by atoms with Crippen LogP contribution in [0.3, 0.4) is 0 Å². The number of benzene rings is 2. The lowest BCUT2D eigenvalue weighted by molar-refractivity contribution is 0.0946. The first kappa shape index (κ1) is 22.5. The number of aromatic nitrogens is 5. The third-order valence-corrected chi connectivity index (χ3v) is 4.63. The minimum atomic E-state index is -0.561. The number of ether oxygens (including phenoxy) is 2. The molecule has 174 valence electrons. The Bertz CT molecular complexity index is 1300. The van der Waals surface area contributed by atoms with Crippen molar-refractivity contribution in [2.24, 2.45) is 5.10 Å². The third-order valence-electron chi connectivity index (χ3n) is 4.63. The molecule has 3 N–H and O–H groups in total. The van der Waals surface area contributed by atoms with Gasteiger partial charge in [0.2, 0.25) is 11.6 Å². The van der Waals surface area contributed by atoms with Gasteiger partial charge in [-0.15, -0.1) is 5.10 Å². The zero-order chi connectivity index (χ0) is 23.9. The van der Waals surface area contributed by atoms with Crippen molar-refractivity contribution < 1.29 is 18.9 Å². The number of rotatable bonds is 9. The normalized spacial score (nSPS) is 11.0. The molecule has 0 aliphatic rings. The third kappa shape index (κ3) is 5.01. The quantitative estimate of drug-likeness (QED) is 0.281. The molecule has 2 aromatic heterocycles. The fourth-order valence-electron chi connectivity index (χ4n) is 3.05. The van der Waals surface area contributed by atoms with Crippen molar-refractivity contribution in [3.05, 3.63) is 71.0 Å². The highest BCUT2D eigenvalue weighted by Crippen LogP contribution is 2.29. The molecule has 0 saturated carbocycles. The molecule has 0 spiro atoms. The van der Waals surface area contributed by atoms with Crippen LogP contribution in [-0.2, 0) is 6.61 Å². The molecular formula is C22H22N8O4. The predicted octanol–water partition coefficient (Wildman–Crippen LogP) is 2.28. The van der Waals surface area contributed by atoms with E-state index in [1.807, 2.05) is 37.3 Å². The molecule has 0 atom stereocenters. The van der Waals surface area contributed by atoms with Crippen LogP contribution in [-0.4, -0.2) is 44.0 Å². The molecule has 1 amide bonds. The lowest BCUT2D eigenvalue weighted by Gasteiger charge is -2.12. The Hall–Kier alpha value is -4.74. The van der Waals surface area contributed by atoms with Gasteiger partial charge in [0.05, 0.1) is 18.5 Å². The monoisotopic (exact) mass is 462 g/mol. The molecule has 34 heavy (non-hydrogen) atoms. The number of hydrogen-bond donors (Lipinski definition) is 2. The van der Waals surface area contributed by atoms with Crippen molar-refractivity contribution in [3.8, 4) is 17.3 Å². The standard InChI is InChI=1S/C22H22N8O4/c1-3-32-18-11-16(9-10-17(18)33-13-15-7-5-4-6-8-15)12-24-26-22(31)19-14(2)25-29-30(19)21-20(23)27-34-28-21/h4-12H,3,13H2,1-2H3,(H2,23,27)(H,26,31)/b24-12-. The Labute approximate surface area is 194 Å². The molecule has 12 heteroatoms. The van der Waals surface area contributed by atoms with Crippen LogP contribution >= 0.6 is 0 Å². The second-order valence-corrected chi connectivity index (χ2v) is 7.02. The van der Waals surface area contributed by atoms with Crippen molar-refractivity contribution >= 4 is 17.9 Å². The minimum absolute atomic E-state index is 0.0273. The number of hydrogen-bond acceptors (Lipinski definition) is 10. The summed E-state index contributed by atoms with van der Waals surface area (Å²) in [5.74, 6) is 0.647. The average molecular weight is 462 g/mol. The van der Waals surface area contributed by atoms with Crippen LogP contribution in [0, 0.1) is 6.92 Å². The van der Waals surface area contributed by atoms with E-state index in [0.717, 1.165) is 10.2 Å². The van der Waals surface area contributed by atoms with Gasteiger partial charge >= 0.3 is 0 Å². The maximum atomic E-state index is 12.7. The summed E-state index contributed by atoms with van der Waals surface area (Å²) in [5.41, 5.74) is 10.3. The highest BCUT2D eigenvalue weighted by Gasteiger charge is 2.22. The summed E-state index contributed by atoms with van der Waals surface area (Å²) in [5, 5.41) is 18.9. The number of nitrogens with zero attached hydrogens (tertiary/aromatic N) is 6. The van der Waals surface area contributed by atoms with Gasteiger partial charge in [0.25, 0.3) is 5.91 Å². The first-order chi connectivity index (χ1) is 16.6. The smallest absolute Gasteiger partial charge is 0.292 e. The van der Waals surface area contributed by atoms with E-state index in [9.17, 15) is 4.79 Å².